The first-order valence-corrected chi connectivity index (χ1v) is 6.65. The first-order valence-electron chi connectivity index (χ1n) is 6.27. The van der Waals surface area contributed by atoms with Crippen LogP contribution in [0.3, 0.4) is 0 Å². The lowest BCUT2D eigenvalue weighted by atomic mass is 10.1. The van der Waals surface area contributed by atoms with E-state index in [1.54, 1.807) is 13.0 Å². The summed E-state index contributed by atoms with van der Waals surface area (Å²) in [5.41, 5.74) is 1.28. The number of amides is 2. The molecule has 0 spiro atoms. The number of methoxy groups -OCH3 is 1. The van der Waals surface area contributed by atoms with Crippen molar-refractivity contribution in [2.75, 3.05) is 25.6 Å². The van der Waals surface area contributed by atoms with E-state index in [9.17, 15) is 14.4 Å². The number of carbonyl (C=O) groups excluding carboxylic acids is 3. The van der Waals surface area contributed by atoms with Crippen LogP contribution in [0.1, 0.15) is 22.3 Å². The second-order valence-corrected chi connectivity index (χ2v) is 4.66. The fourth-order valence-corrected chi connectivity index (χ4v) is 2.04. The summed E-state index contributed by atoms with van der Waals surface area (Å²) in [6, 6.07) is 2.64. The maximum Gasteiger partial charge on any atom is 0.337 e. The Morgan fingerprint density at radius 2 is 2.10 bits per heavy atom. The third-order valence-electron chi connectivity index (χ3n) is 2.88. The molecule has 0 bridgehead atoms. The third kappa shape index (κ3) is 3.95. The van der Waals surface area contributed by atoms with Gasteiger partial charge in [-0.1, -0.05) is 11.6 Å². The number of benzene rings is 1. The quantitative estimate of drug-likeness (QED) is 0.668. The summed E-state index contributed by atoms with van der Waals surface area (Å²) < 4.78 is 4.68. The minimum absolute atomic E-state index is 0.158. The highest BCUT2D eigenvalue weighted by atomic mass is 35.5. The van der Waals surface area contributed by atoms with Crippen LogP contribution < -0.4 is 10.2 Å². The summed E-state index contributed by atoms with van der Waals surface area (Å²) >= 11 is 6.23. The Hall–Kier alpha value is -2.08. The lowest BCUT2D eigenvalue weighted by Crippen LogP contribution is -2.39. The second kappa shape index (κ2) is 7.64. The number of esters is 1. The summed E-state index contributed by atoms with van der Waals surface area (Å²) in [5.74, 6) is -0.525. The predicted molar refractivity (Wildman–Crippen MR) is 80.0 cm³/mol. The number of hydrogen-bond acceptors (Lipinski definition) is 4. The summed E-state index contributed by atoms with van der Waals surface area (Å²) in [6.45, 7) is 1.88. The van der Waals surface area contributed by atoms with Gasteiger partial charge in [0.05, 0.1) is 23.4 Å². The number of anilines is 1. The monoisotopic (exact) mass is 312 g/mol. The van der Waals surface area contributed by atoms with E-state index in [0.29, 0.717) is 22.6 Å². The van der Waals surface area contributed by atoms with Gasteiger partial charge in [0.1, 0.15) is 6.29 Å². The van der Waals surface area contributed by atoms with Crippen LogP contribution in [0.25, 0.3) is 0 Å². The summed E-state index contributed by atoms with van der Waals surface area (Å²) in [7, 11) is 2.75. The molecule has 0 aliphatic heterocycles. The molecule has 0 saturated heterocycles. The van der Waals surface area contributed by atoms with E-state index in [0.717, 1.165) is 0 Å². The van der Waals surface area contributed by atoms with Crippen molar-refractivity contribution in [3.63, 3.8) is 0 Å². The molecule has 0 atom stereocenters. The molecule has 0 aliphatic carbocycles. The molecule has 6 nitrogen and oxygen atoms in total. The molecule has 0 fully saturated rings. The lowest BCUT2D eigenvalue weighted by molar-refractivity contribution is -0.107. The predicted octanol–water partition coefficient (Wildman–Crippen LogP) is 2.17. The smallest absolute Gasteiger partial charge is 0.337 e. The molecule has 1 rings (SSSR count). The summed E-state index contributed by atoms with van der Waals surface area (Å²) in [4.78, 5) is 35.5. The number of ether oxygens (including phenoxy) is 1. The van der Waals surface area contributed by atoms with Gasteiger partial charge in [-0.2, -0.15) is 0 Å². The maximum atomic E-state index is 12.0. The molecule has 114 valence electrons. The normalized spacial score (nSPS) is 9.90. The molecule has 7 heteroatoms. The third-order valence-corrected chi connectivity index (χ3v) is 3.37. The maximum absolute atomic E-state index is 12.0. The highest BCUT2D eigenvalue weighted by Gasteiger charge is 2.20. The van der Waals surface area contributed by atoms with Crippen LogP contribution in [-0.4, -0.2) is 39.0 Å². The summed E-state index contributed by atoms with van der Waals surface area (Å²) in [6.07, 6.45) is 0.867. The second-order valence-electron chi connectivity index (χ2n) is 4.28. The van der Waals surface area contributed by atoms with Gasteiger partial charge in [-0.15, -0.1) is 0 Å². The molecule has 0 saturated carbocycles. The number of rotatable bonds is 5. The van der Waals surface area contributed by atoms with Crippen molar-refractivity contribution >= 4 is 35.6 Å². The Bertz CT molecular complexity index is 560. The van der Waals surface area contributed by atoms with Crippen molar-refractivity contribution in [3.05, 3.63) is 28.3 Å². The molecule has 0 radical (unpaired) electrons. The molecule has 21 heavy (non-hydrogen) atoms. The number of aryl methyl sites for hydroxylation is 1. The van der Waals surface area contributed by atoms with E-state index >= 15 is 0 Å². The Kier molecular flexibility index (Phi) is 6.17. The molecule has 0 aromatic heterocycles. The van der Waals surface area contributed by atoms with E-state index in [-0.39, 0.29) is 18.5 Å². The molecular weight excluding hydrogens is 296 g/mol. The van der Waals surface area contributed by atoms with Crippen molar-refractivity contribution < 1.29 is 19.1 Å². The minimum Gasteiger partial charge on any atom is -0.465 e. The largest absolute Gasteiger partial charge is 0.465 e. The number of nitrogens with zero attached hydrogens (tertiary/aromatic N) is 1. The van der Waals surface area contributed by atoms with Crippen LogP contribution in [0, 0.1) is 6.92 Å². The van der Waals surface area contributed by atoms with Crippen LogP contribution in [0.5, 0.6) is 0 Å². The van der Waals surface area contributed by atoms with Crippen LogP contribution in [0.15, 0.2) is 12.1 Å². The van der Waals surface area contributed by atoms with Crippen molar-refractivity contribution in [2.45, 2.75) is 13.3 Å². The zero-order valence-corrected chi connectivity index (χ0v) is 12.9. The highest BCUT2D eigenvalue weighted by molar-refractivity contribution is 6.34. The van der Waals surface area contributed by atoms with Gasteiger partial charge in [-0.25, -0.2) is 9.59 Å². The van der Waals surface area contributed by atoms with Gasteiger partial charge in [-0.05, 0) is 24.6 Å². The number of aldehydes is 1. The van der Waals surface area contributed by atoms with Gasteiger partial charge in [0, 0.05) is 20.0 Å². The number of carbonyl (C=O) groups is 3. The molecule has 1 aromatic rings. The first-order chi connectivity index (χ1) is 9.96. The van der Waals surface area contributed by atoms with Gasteiger partial charge in [-0.3, -0.25) is 4.90 Å². The Balaban J connectivity index is 3.34. The van der Waals surface area contributed by atoms with E-state index < -0.39 is 12.0 Å². The molecule has 0 unspecified atom stereocenters. The number of urea groups is 1. The average molecular weight is 313 g/mol. The molecule has 2 amide bonds. The van der Waals surface area contributed by atoms with Gasteiger partial charge >= 0.3 is 12.0 Å². The van der Waals surface area contributed by atoms with Gasteiger partial charge in [0.2, 0.25) is 0 Å². The summed E-state index contributed by atoms with van der Waals surface area (Å²) in [5, 5.41) is 2.82. The highest BCUT2D eigenvalue weighted by Crippen LogP contribution is 2.31. The number of hydrogen-bond donors (Lipinski definition) is 1. The standard InChI is InChI=1S/C14H17ClN2O4/c1-9-7-10(13(19)21-3)8-11(12(9)15)17(5-4-6-18)14(20)16-2/h6-8H,4-5H2,1-3H3,(H,16,20). The molecule has 0 aliphatic rings. The Labute approximate surface area is 128 Å². The Morgan fingerprint density at radius 1 is 1.43 bits per heavy atom. The van der Waals surface area contributed by atoms with Gasteiger partial charge in [0.15, 0.2) is 0 Å². The average Bonchev–Trinajstić information content (AvgIpc) is 2.49. The Morgan fingerprint density at radius 3 is 2.62 bits per heavy atom. The first kappa shape index (κ1) is 17.0. The zero-order chi connectivity index (χ0) is 16.0. The van der Waals surface area contributed by atoms with Gasteiger partial charge in [0.25, 0.3) is 0 Å². The van der Waals surface area contributed by atoms with Crippen molar-refractivity contribution in [3.8, 4) is 0 Å². The van der Waals surface area contributed by atoms with Crippen molar-refractivity contribution in [2.24, 2.45) is 0 Å². The molecule has 1 aromatic carbocycles. The van der Waals surface area contributed by atoms with Gasteiger partial charge < -0.3 is 14.8 Å². The van der Waals surface area contributed by atoms with Crippen LogP contribution >= 0.6 is 11.6 Å². The van der Waals surface area contributed by atoms with E-state index in [2.05, 4.69) is 10.1 Å². The van der Waals surface area contributed by atoms with E-state index in [4.69, 9.17) is 11.6 Å². The number of nitrogens with one attached hydrogen (secondary N) is 1. The molecule has 1 N–H and O–H groups in total. The van der Waals surface area contributed by atoms with E-state index in [1.165, 1.54) is 25.1 Å². The lowest BCUT2D eigenvalue weighted by Gasteiger charge is -2.24. The zero-order valence-electron chi connectivity index (χ0n) is 12.1. The topological polar surface area (TPSA) is 75.7 Å². The fraction of sp³-hybridized carbons (Fsp3) is 0.357. The molecular formula is C14H17ClN2O4. The fourth-order valence-electron chi connectivity index (χ4n) is 1.83. The van der Waals surface area contributed by atoms with Crippen LogP contribution in [0.2, 0.25) is 5.02 Å². The van der Waals surface area contributed by atoms with Crippen LogP contribution in [0.4, 0.5) is 10.5 Å². The molecule has 0 heterocycles. The minimum atomic E-state index is -0.525. The van der Waals surface area contributed by atoms with Crippen molar-refractivity contribution in [1.29, 1.82) is 0 Å². The van der Waals surface area contributed by atoms with Crippen molar-refractivity contribution in [1.82, 2.24) is 5.32 Å². The van der Waals surface area contributed by atoms with E-state index in [1.807, 2.05) is 0 Å². The van der Waals surface area contributed by atoms with Crippen LogP contribution in [-0.2, 0) is 9.53 Å². The SMILES string of the molecule is CNC(=O)N(CCC=O)c1cc(C(=O)OC)cc(C)c1Cl. The number of halogens is 1.